The smallest absolute Gasteiger partial charge is 0.399 e. The minimum atomic E-state index is -3.10. The molecular formula is C14H21BO4S. The van der Waals surface area contributed by atoms with Gasteiger partial charge in [0.2, 0.25) is 0 Å². The van der Waals surface area contributed by atoms with Gasteiger partial charge in [-0.1, -0.05) is 24.3 Å². The van der Waals surface area contributed by atoms with E-state index in [1.165, 1.54) is 6.26 Å². The number of hydrogen-bond donors (Lipinski definition) is 0. The molecular weight excluding hydrogens is 275 g/mol. The summed E-state index contributed by atoms with van der Waals surface area (Å²) in [5.41, 5.74) is 0.649. The summed E-state index contributed by atoms with van der Waals surface area (Å²) in [6.07, 6.45) is 1.23. The van der Waals surface area contributed by atoms with E-state index in [2.05, 4.69) is 0 Å². The summed E-state index contributed by atoms with van der Waals surface area (Å²) >= 11 is 0. The Morgan fingerprint density at radius 3 is 2.05 bits per heavy atom. The molecule has 1 saturated heterocycles. The first-order chi connectivity index (χ1) is 9.02. The van der Waals surface area contributed by atoms with Crippen LogP contribution >= 0.6 is 0 Å². The van der Waals surface area contributed by atoms with Gasteiger partial charge in [0.15, 0.2) is 9.84 Å². The Labute approximate surface area is 121 Å². The van der Waals surface area contributed by atoms with Gasteiger partial charge in [-0.25, -0.2) is 8.42 Å². The van der Waals surface area contributed by atoms with Crippen molar-refractivity contribution in [3.05, 3.63) is 29.8 Å². The quantitative estimate of drug-likeness (QED) is 0.794. The average molecular weight is 296 g/mol. The third-order valence-corrected chi connectivity index (χ3v) is 4.82. The second-order valence-electron chi connectivity index (χ2n) is 6.36. The molecule has 4 nitrogen and oxygen atoms in total. The third-order valence-electron chi connectivity index (χ3n) is 3.98. The molecule has 0 amide bonds. The molecule has 0 radical (unpaired) electrons. The van der Waals surface area contributed by atoms with Crippen LogP contribution in [0.2, 0.25) is 0 Å². The summed E-state index contributed by atoms with van der Waals surface area (Å²) in [5, 5.41) is 0. The van der Waals surface area contributed by atoms with Crippen LogP contribution < -0.4 is 5.46 Å². The molecule has 1 fully saturated rings. The molecule has 0 aliphatic carbocycles. The van der Waals surface area contributed by atoms with Gasteiger partial charge in [-0.05, 0) is 38.7 Å². The average Bonchev–Trinajstić information content (AvgIpc) is 2.46. The van der Waals surface area contributed by atoms with Crippen molar-refractivity contribution in [2.75, 3.05) is 6.26 Å². The molecule has 1 aliphatic rings. The molecule has 0 atom stereocenters. The van der Waals surface area contributed by atoms with Crippen molar-refractivity contribution >= 4 is 22.4 Å². The first kappa shape index (κ1) is 15.5. The minimum absolute atomic E-state index is 0.00670. The van der Waals surface area contributed by atoms with Crippen LogP contribution in [0.1, 0.15) is 33.3 Å². The second kappa shape index (κ2) is 4.86. The van der Waals surface area contributed by atoms with Crippen LogP contribution in [0.5, 0.6) is 0 Å². The lowest BCUT2D eigenvalue weighted by Gasteiger charge is -2.32. The van der Waals surface area contributed by atoms with Gasteiger partial charge in [0.1, 0.15) is 0 Å². The number of hydrogen-bond acceptors (Lipinski definition) is 4. The van der Waals surface area contributed by atoms with Gasteiger partial charge in [0.25, 0.3) is 0 Å². The fourth-order valence-electron chi connectivity index (χ4n) is 2.15. The summed E-state index contributed by atoms with van der Waals surface area (Å²) in [5.74, 6) is -0.00670. The van der Waals surface area contributed by atoms with Crippen LogP contribution in [-0.4, -0.2) is 33.0 Å². The Morgan fingerprint density at radius 1 is 1.05 bits per heavy atom. The predicted molar refractivity (Wildman–Crippen MR) is 80.7 cm³/mol. The molecule has 6 heteroatoms. The minimum Gasteiger partial charge on any atom is -0.399 e. The second-order valence-corrected chi connectivity index (χ2v) is 8.50. The normalized spacial score (nSPS) is 21.1. The van der Waals surface area contributed by atoms with Crippen molar-refractivity contribution in [2.24, 2.45) is 0 Å². The molecule has 0 bridgehead atoms. The van der Waals surface area contributed by atoms with Crippen molar-refractivity contribution in [2.45, 2.75) is 44.6 Å². The van der Waals surface area contributed by atoms with Crippen molar-refractivity contribution in [3.63, 3.8) is 0 Å². The van der Waals surface area contributed by atoms with Crippen molar-refractivity contribution in [1.29, 1.82) is 0 Å². The maximum atomic E-state index is 11.5. The fourth-order valence-corrected chi connectivity index (χ4v) is 2.98. The Hall–Kier alpha value is -0.845. The molecule has 0 spiro atoms. The molecule has 0 saturated carbocycles. The topological polar surface area (TPSA) is 52.6 Å². The van der Waals surface area contributed by atoms with Crippen molar-refractivity contribution in [3.8, 4) is 0 Å². The van der Waals surface area contributed by atoms with Gasteiger partial charge in [0.05, 0.1) is 17.0 Å². The predicted octanol–water partition coefficient (Wildman–Crippen LogP) is 1.53. The van der Waals surface area contributed by atoms with E-state index in [1.54, 1.807) is 6.07 Å². The third kappa shape index (κ3) is 3.08. The van der Waals surface area contributed by atoms with Gasteiger partial charge in [-0.2, -0.15) is 0 Å². The van der Waals surface area contributed by atoms with E-state index in [-0.39, 0.29) is 5.75 Å². The highest BCUT2D eigenvalue weighted by Crippen LogP contribution is 2.36. The van der Waals surface area contributed by atoms with E-state index < -0.39 is 28.2 Å². The summed E-state index contributed by atoms with van der Waals surface area (Å²) in [6.45, 7) is 7.91. The summed E-state index contributed by atoms with van der Waals surface area (Å²) in [4.78, 5) is 0. The first-order valence-electron chi connectivity index (χ1n) is 6.63. The summed E-state index contributed by atoms with van der Waals surface area (Å²) in [6, 6.07) is 7.37. The highest BCUT2D eigenvalue weighted by Gasteiger charge is 2.52. The molecule has 1 aromatic rings. The lowest BCUT2D eigenvalue weighted by atomic mass is 9.76. The molecule has 110 valence electrons. The highest BCUT2D eigenvalue weighted by atomic mass is 32.2. The van der Waals surface area contributed by atoms with Gasteiger partial charge in [-0.3, -0.25) is 0 Å². The molecule has 1 heterocycles. The fraction of sp³-hybridized carbons (Fsp3) is 0.571. The van der Waals surface area contributed by atoms with Gasteiger partial charge in [-0.15, -0.1) is 0 Å². The van der Waals surface area contributed by atoms with Crippen LogP contribution in [0.25, 0.3) is 0 Å². The standard InChI is InChI=1S/C14H21BO4S/c1-13(2)14(3,4)19-15(18-13)12-9-7-6-8-11(12)10-20(5,16)17/h6-9H,10H2,1-5H3. The summed E-state index contributed by atoms with van der Waals surface area (Å²) < 4.78 is 35.1. The number of sulfone groups is 1. The molecule has 1 aromatic carbocycles. The maximum Gasteiger partial charge on any atom is 0.495 e. The van der Waals surface area contributed by atoms with Crippen LogP contribution in [-0.2, 0) is 24.9 Å². The van der Waals surface area contributed by atoms with E-state index in [4.69, 9.17) is 9.31 Å². The Morgan fingerprint density at radius 2 is 1.55 bits per heavy atom. The van der Waals surface area contributed by atoms with Crippen LogP contribution in [0.3, 0.4) is 0 Å². The zero-order valence-electron chi connectivity index (χ0n) is 12.6. The van der Waals surface area contributed by atoms with E-state index in [1.807, 2.05) is 45.9 Å². The molecule has 1 aliphatic heterocycles. The lowest BCUT2D eigenvalue weighted by Crippen LogP contribution is -2.41. The number of benzene rings is 1. The maximum absolute atomic E-state index is 11.5. The van der Waals surface area contributed by atoms with E-state index in [9.17, 15) is 8.42 Å². The van der Waals surface area contributed by atoms with Gasteiger partial charge >= 0.3 is 7.12 Å². The first-order valence-corrected chi connectivity index (χ1v) is 8.69. The zero-order valence-corrected chi connectivity index (χ0v) is 13.5. The lowest BCUT2D eigenvalue weighted by molar-refractivity contribution is 0.00578. The van der Waals surface area contributed by atoms with Gasteiger partial charge < -0.3 is 9.31 Å². The Balaban J connectivity index is 2.36. The van der Waals surface area contributed by atoms with Crippen LogP contribution in [0.4, 0.5) is 0 Å². The monoisotopic (exact) mass is 296 g/mol. The van der Waals surface area contributed by atoms with Crippen LogP contribution in [0.15, 0.2) is 24.3 Å². The SMILES string of the molecule is CC1(C)OB(c2ccccc2CS(C)(=O)=O)OC1(C)C. The van der Waals surface area contributed by atoms with E-state index >= 15 is 0 Å². The van der Waals surface area contributed by atoms with E-state index in [0.717, 1.165) is 11.0 Å². The molecule has 20 heavy (non-hydrogen) atoms. The zero-order chi connectivity index (χ0) is 15.2. The van der Waals surface area contributed by atoms with E-state index in [0.29, 0.717) is 0 Å². The Kier molecular flexibility index (Phi) is 3.78. The molecule has 0 unspecified atom stereocenters. The molecule has 0 N–H and O–H groups in total. The molecule has 0 aromatic heterocycles. The van der Waals surface area contributed by atoms with Crippen molar-refractivity contribution < 1.29 is 17.7 Å². The van der Waals surface area contributed by atoms with Gasteiger partial charge in [0, 0.05) is 6.26 Å². The van der Waals surface area contributed by atoms with Crippen LogP contribution in [0, 0.1) is 0 Å². The summed E-state index contributed by atoms with van der Waals surface area (Å²) in [7, 11) is -3.63. The largest absolute Gasteiger partial charge is 0.495 e. The van der Waals surface area contributed by atoms with Crippen molar-refractivity contribution in [1.82, 2.24) is 0 Å². The Bertz CT molecular complexity index is 591. The molecule has 2 rings (SSSR count). The number of rotatable bonds is 3. The highest BCUT2D eigenvalue weighted by molar-refractivity contribution is 7.89.